The minimum absolute atomic E-state index is 0.0962. The van der Waals surface area contributed by atoms with E-state index in [1.165, 1.54) is 6.07 Å². The van der Waals surface area contributed by atoms with E-state index in [1.54, 1.807) is 25.3 Å². The van der Waals surface area contributed by atoms with Gasteiger partial charge in [-0.2, -0.15) is 0 Å². The van der Waals surface area contributed by atoms with Gasteiger partial charge in [0.25, 0.3) is 5.69 Å². The molecule has 0 aliphatic heterocycles. The summed E-state index contributed by atoms with van der Waals surface area (Å²) in [5.74, 6) is 0. The summed E-state index contributed by atoms with van der Waals surface area (Å²) in [5.41, 5.74) is 3.43. The van der Waals surface area contributed by atoms with Gasteiger partial charge in [0.2, 0.25) is 0 Å². The average Bonchev–Trinajstić information content (AvgIpc) is 2.37. The average molecular weight is 254 g/mol. The van der Waals surface area contributed by atoms with E-state index >= 15 is 0 Å². The largest absolute Gasteiger partial charge is 0.274 e. The lowest BCUT2D eigenvalue weighted by atomic mass is 10.1. The highest BCUT2D eigenvalue weighted by Crippen LogP contribution is 2.27. The van der Waals surface area contributed by atoms with Gasteiger partial charge in [0, 0.05) is 12.3 Å². The fourth-order valence-corrected chi connectivity index (χ4v) is 1.84. The Balaban J connectivity index is 2.34. The molecule has 0 N–H and O–H groups in total. The molecule has 0 bridgehead atoms. The summed E-state index contributed by atoms with van der Waals surface area (Å²) < 4.78 is 0. The first-order valence-corrected chi connectivity index (χ1v) is 5.92. The van der Waals surface area contributed by atoms with Crippen LogP contribution in [0.5, 0.6) is 0 Å². The van der Waals surface area contributed by atoms with Gasteiger partial charge in [-0.1, -0.05) is 35.9 Å². The smallest absolute Gasteiger partial charge is 0.258 e. The quantitative estimate of drug-likeness (QED) is 0.473. The molecule has 4 heteroatoms. The van der Waals surface area contributed by atoms with Gasteiger partial charge in [-0.3, -0.25) is 15.1 Å². The fourth-order valence-electron chi connectivity index (χ4n) is 1.84. The molecule has 19 heavy (non-hydrogen) atoms. The van der Waals surface area contributed by atoms with Crippen LogP contribution in [0.4, 0.5) is 11.4 Å². The Kier molecular flexibility index (Phi) is 3.71. The molecule has 0 spiro atoms. The molecule has 0 unspecified atom stereocenters. The van der Waals surface area contributed by atoms with Crippen LogP contribution in [0.1, 0.15) is 16.7 Å². The molecule has 0 fully saturated rings. The van der Waals surface area contributed by atoms with Crippen LogP contribution in [0.15, 0.2) is 47.5 Å². The number of hydrogen-bond acceptors (Lipinski definition) is 3. The molecule has 0 saturated heterocycles. The summed E-state index contributed by atoms with van der Waals surface area (Å²) >= 11 is 0. The summed E-state index contributed by atoms with van der Waals surface area (Å²) in [6.45, 7) is 3.72. The van der Waals surface area contributed by atoms with E-state index in [9.17, 15) is 10.1 Å². The van der Waals surface area contributed by atoms with Crippen molar-refractivity contribution in [3.63, 3.8) is 0 Å². The van der Waals surface area contributed by atoms with Crippen molar-refractivity contribution in [2.45, 2.75) is 13.8 Å². The molecule has 2 aromatic carbocycles. The molecule has 0 aromatic heterocycles. The molecule has 0 aliphatic carbocycles. The Bertz CT molecular complexity index is 648. The van der Waals surface area contributed by atoms with E-state index in [-0.39, 0.29) is 10.6 Å². The van der Waals surface area contributed by atoms with Gasteiger partial charge in [-0.05, 0) is 25.5 Å². The predicted octanol–water partition coefficient (Wildman–Crippen LogP) is 3.96. The number of nitro benzene ring substituents is 1. The lowest BCUT2D eigenvalue weighted by molar-refractivity contribution is -0.385. The fraction of sp³-hybridized carbons (Fsp3) is 0.133. The van der Waals surface area contributed by atoms with Gasteiger partial charge in [-0.15, -0.1) is 0 Å². The summed E-state index contributed by atoms with van der Waals surface area (Å²) in [7, 11) is 0. The Morgan fingerprint density at radius 1 is 1.16 bits per heavy atom. The van der Waals surface area contributed by atoms with E-state index in [2.05, 4.69) is 4.99 Å². The van der Waals surface area contributed by atoms with Crippen LogP contribution < -0.4 is 0 Å². The molecule has 2 aromatic rings. The van der Waals surface area contributed by atoms with E-state index in [1.807, 2.05) is 31.2 Å². The number of nitrogens with zero attached hydrogens (tertiary/aromatic N) is 2. The molecule has 96 valence electrons. The summed E-state index contributed by atoms with van der Waals surface area (Å²) in [6.07, 6.45) is 1.72. The van der Waals surface area contributed by atoms with Crippen LogP contribution in [-0.4, -0.2) is 11.1 Å². The number of hydrogen-bond donors (Lipinski definition) is 0. The summed E-state index contributed by atoms with van der Waals surface area (Å²) in [5, 5.41) is 10.8. The third kappa shape index (κ3) is 3.04. The molecule has 0 saturated carbocycles. The molecular formula is C15H14N2O2. The third-order valence-electron chi connectivity index (χ3n) is 2.87. The molecule has 0 aliphatic rings. The molecule has 0 heterocycles. The Morgan fingerprint density at radius 2 is 1.89 bits per heavy atom. The maximum absolute atomic E-state index is 10.8. The first kappa shape index (κ1) is 13.0. The van der Waals surface area contributed by atoms with Crippen molar-refractivity contribution in [3.05, 3.63) is 69.3 Å². The maximum atomic E-state index is 10.8. The maximum Gasteiger partial charge on any atom is 0.274 e. The number of aliphatic imine (C=N–C) groups is 1. The zero-order valence-electron chi connectivity index (χ0n) is 10.8. The van der Waals surface area contributed by atoms with Crippen molar-refractivity contribution in [1.29, 1.82) is 0 Å². The lowest BCUT2D eigenvalue weighted by Crippen LogP contribution is -1.91. The van der Waals surface area contributed by atoms with Crippen LogP contribution in [-0.2, 0) is 0 Å². The first-order chi connectivity index (χ1) is 9.08. The Hall–Kier alpha value is -2.49. The number of benzene rings is 2. The minimum atomic E-state index is -0.388. The molecule has 0 atom stereocenters. The number of nitro groups is 1. The minimum Gasteiger partial charge on any atom is -0.258 e. The van der Waals surface area contributed by atoms with Crippen LogP contribution in [0.3, 0.4) is 0 Å². The topological polar surface area (TPSA) is 55.5 Å². The zero-order valence-corrected chi connectivity index (χ0v) is 10.8. The second-order valence-electron chi connectivity index (χ2n) is 4.35. The zero-order chi connectivity index (χ0) is 13.8. The van der Waals surface area contributed by atoms with Gasteiger partial charge in [0.15, 0.2) is 0 Å². The van der Waals surface area contributed by atoms with Crippen molar-refractivity contribution in [2.24, 2.45) is 4.99 Å². The van der Waals surface area contributed by atoms with Gasteiger partial charge in [0.05, 0.1) is 16.2 Å². The van der Waals surface area contributed by atoms with Crippen molar-refractivity contribution >= 4 is 17.6 Å². The van der Waals surface area contributed by atoms with Gasteiger partial charge in [0.1, 0.15) is 0 Å². The lowest BCUT2D eigenvalue weighted by Gasteiger charge is -2.01. The second-order valence-corrected chi connectivity index (χ2v) is 4.35. The number of rotatable bonds is 3. The van der Waals surface area contributed by atoms with E-state index in [0.717, 1.165) is 11.1 Å². The standard InChI is InChI=1S/C15H14N2O2/c1-11-5-3-6-13(9-11)10-16-14-7-4-8-15(12(14)2)17(18)19/h3-10H,1-2H3. The SMILES string of the molecule is Cc1cccc(C=Nc2cccc([N+](=O)[O-])c2C)c1. The monoisotopic (exact) mass is 254 g/mol. The van der Waals surface area contributed by atoms with E-state index < -0.39 is 0 Å². The van der Waals surface area contributed by atoms with E-state index in [4.69, 9.17) is 0 Å². The Labute approximate surface area is 111 Å². The van der Waals surface area contributed by atoms with E-state index in [0.29, 0.717) is 11.3 Å². The highest BCUT2D eigenvalue weighted by atomic mass is 16.6. The van der Waals surface area contributed by atoms with Crippen LogP contribution >= 0.6 is 0 Å². The molecule has 0 radical (unpaired) electrons. The molecule has 4 nitrogen and oxygen atoms in total. The second kappa shape index (κ2) is 5.44. The van der Waals surface area contributed by atoms with Crippen LogP contribution in [0, 0.1) is 24.0 Å². The highest BCUT2D eigenvalue weighted by Gasteiger charge is 2.12. The third-order valence-corrected chi connectivity index (χ3v) is 2.87. The Morgan fingerprint density at radius 3 is 2.58 bits per heavy atom. The van der Waals surface area contributed by atoms with Crippen molar-refractivity contribution < 1.29 is 4.92 Å². The van der Waals surface area contributed by atoms with Gasteiger partial charge >= 0.3 is 0 Å². The first-order valence-electron chi connectivity index (χ1n) is 5.92. The van der Waals surface area contributed by atoms with Crippen molar-refractivity contribution in [3.8, 4) is 0 Å². The highest BCUT2D eigenvalue weighted by molar-refractivity contribution is 5.82. The molecular weight excluding hydrogens is 240 g/mol. The van der Waals surface area contributed by atoms with Crippen LogP contribution in [0.25, 0.3) is 0 Å². The number of aryl methyl sites for hydroxylation is 1. The summed E-state index contributed by atoms with van der Waals surface area (Å²) in [6, 6.07) is 12.8. The van der Waals surface area contributed by atoms with Crippen LogP contribution in [0.2, 0.25) is 0 Å². The van der Waals surface area contributed by atoms with Crippen molar-refractivity contribution in [1.82, 2.24) is 0 Å². The molecule has 2 rings (SSSR count). The summed E-state index contributed by atoms with van der Waals surface area (Å²) in [4.78, 5) is 14.8. The molecule has 0 amide bonds. The van der Waals surface area contributed by atoms with Gasteiger partial charge in [-0.25, -0.2) is 0 Å². The predicted molar refractivity (Wildman–Crippen MR) is 76.3 cm³/mol. The normalized spacial score (nSPS) is 10.8. The van der Waals surface area contributed by atoms with Crippen molar-refractivity contribution in [2.75, 3.05) is 0 Å². The van der Waals surface area contributed by atoms with Gasteiger partial charge < -0.3 is 0 Å².